The van der Waals surface area contributed by atoms with Crippen molar-refractivity contribution in [2.75, 3.05) is 6.61 Å². The van der Waals surface area contributed by atoms with E-state index in [0.717, 1.165) is 37.0 Å². The van der Waals surface area contributed by atoms with Crippen molar-refractivity contribution in [2.45, 2.75) is 94.9 Å². The Morgan fingerprint density at radius 3 is 2.48 bits per heavy atom. The van der Waals surface area contributed by atoms with Gasteiger partial charge in [-0.05, 0) is 100 Å². The van der Waals surface area contributed by atoms with Crippen molar-refractivity contribution in [3.63, 3.8) is 0 Å². The molecule has 33 heavy (non-hydrogen) atoms. The third kappa shape index (κ3) is 4.45. The zero-order chi connectivity index (χ0) is 23.9. The summed E-state index contributed by atoms with van der Waals surface area (Å²) in [5.41, 5.74) is 0.106. The number of hydrogen-bond acceptors (Lipinski definition) is 4. The van der Waals surface area contributed by atoms with E-state index in [2.05, 4.69) is 25.1 Å². The molecule has 4 heteroatoms. The monoisotopic (exact) mass is 452 g/mol. The summed E-state index contributed by atoms with van der Waals surface area (Å²) in [5.74, 6) is 1.18. The van der Waals surface area contributed by atoms with Gasteiger partial charge in [-0.25, -0.2) is 0 Å². The van der Waals surface area contributed by atoms with Gasteiger partial charge < -0.3 is 20.1 Å². The minimum absolute atomic E-state index is 0.155. The number of ether oxygens (including phenoxy) is 1. The Morgan fingerprint density at radius 1 is 1.09 bits per heavy atom. The largest absolute Gasteiger partial charge is 0.494 e. The predicted octanol–water partition coefficient (Wildman–Crippen LogP) is 5.26. The maximum Gasteiger partial charge on any atom is 0.119 e. The van der Waals surface area contributed by atoms with Crippen molar-refractivity contribution in [3.8, 4) is 5.75 Å². The van der Waals surface area contributed by atoms with Crippen LogP contribution in [0.4, 0.5) is 0 Å². The summed E-state index contributed by atoms with van der Waals surface area (Å²) in [6.07, 6.45) is 5.49. The quantitative estimate of drug-likeness (QED) is 0.501. The van der Waals surface area contributed by atoms with Crippen LogP contribution in [-0.2, 0) is 17.4 Å². The van der Waals surface area contributed by atoms with Crippen LogP contribution in [0.3, 0.4) is 0 Å². The second kappa shape index (κ2) is 8.72. The molecular weight excluding hydrogens is 412 g/mol. The van der Waals surface area contributed by atoms with Crippen LogP contribution in [0.25, 0.3) is 0 Å². The van der Waals surface area contributed by atoms with Crippen LogP contribution in [0.2, 0.25) is 0 Å². The molecule has 0 unspecified atom stereocenters. The summed E-state index contributed by atoms with van der Waals surface area (Å²) in [6.45, 7) is 8.26. The second-order valence-corrected chi connectivity index (χ2v) is 11.2. The van der Waals surface area contributed by atoms with Gasteiger partial charge in [-0.2, -0.15) is 0 Å². The molecule has 1 fully saturated rings. The van der Waals surface area contributed by atoms with Crippen LogP contribution in [0, 0.1) is 5.92 Å². The SMILES string of the molecule is CC[C@@]12C[C@@](C)(O)[C@](O)(c3ccccc3)C[C@H]1CCc1cc(OCCCC(C)(C)O)ccc12. The maximum atomic E-state index is 11.8. The Labute approximate surface area is 198 Å². The van der Waals surface area contributed by atoms with Crippen molar-refractivity contribution < 1.29 is 20.1 Å². The number of fused-ring (bicyclic) bond motifs is 3. The lowest BCUT2D eigenvalue weighted by atomic mass is 9.49. The molecule has 2 aliphatic carbocycles. The molecule has 0 aromatic heterocycles. The Balaban J connectivity index is 1.59. The number of benzene rings is 2. The lowest BCUT2D eigenvalue weighted by Gasteiger charge is -2.59. The highest BCUT2D eigenvalue weighted by molar-refractivity contribution is 5.45. The molecule has 0 spiro atoms. The van der Waals surface area contributed by atoms with E-state index in [-0.39, 0.29) is 5.41 Å². The van der Waals surface area contributed by atoms with E-state index in [1.165, 1.54) is 11.1 Å². The minimum atomic E-state index is -1.25. The van der Waals surface area contributed by atoms with Gasteiger partial charge in [0.2, 0.25) is 0 Å². The Hall–Kier alpha value is -1.88. The zero-order valence-corrected chi connectivity index (χ0v) is 20.6. The molecule has 4 atom stereocenters. The molecule has 0 heterocycles. The lowest BCUT2D eigenvalue weighted by Crippen LogP contribution is -2.62. The van der Waals surface area contributed by atoms with Crippen molar-refractivity contribution in [3.05, 3.63) is 65.2 Å². The van der Waals surface area contributed by atoms with Gasteiger partial charge in [0, 0.05) is 5.41 Å². The normalized spacial score (nSPS) is 31.5. The molecule has 3 N–H and O–H groups in total. The van der Waals surface area contributed by atoms with E-state index in [4.69, 9.17) is 4.74 Å². The molecule has 4 rings (SSSR count). The van der Waals surface area contributed by atoms with Gasteiger partial charge in [0.1, 0.15) is 11.4 Å². The first-order chi connectivity index (χ1) is 15.5. The molecule has 0 bridgehead atoms. The Bertz CT molecular complexity index is 961. The maximum absolute atomic E-state index is 11.8. The molecule has 2 aliphatic rings. The number of aliphatic hydroxyl groups is 3. The summed E-state index contributed by atoms with van der Waals surface area (Å²) in [5, 5.41) is 33.4. The van der Waals surface area contributed by atoms with Crippen LogP contribution in [-0.4, -0.2) is 33.1 Å². The van der Waals surface area contributed by atoms with E-state index < -0.39 is 16.8 Å². The molecule has 2 aromatic rings. The lowest BCUT2D eigenvalue weighted by molar-refractivity contribution is -0.205. The highest BCUT2D eigenvalue weighted by Crippen LogP contribution is 2.60. The summed E-state index contributed by atoms with van der Waals surface area (Å²) < 4.78 is 6.00. The molecule has 0 aliphatic heterocycles. The topological polar surface area (TPSA) is 69.9 Å². The fourth-order valence-electron chi connectivity index (χ4n) is 6.49. The summed E-state index contributed by atoms with van der Waals surface area (Å²) >= 11 is 0. The molecule has 4 nitrogen and oxygen atoms in total. The first-order valence-corrected chi connectivity index (χ1v) is 12.5. The average Bonchev–Trinajstić information content (AvgIpc) is 2.77. The third-order valence-corrected chi connectivity index (χ3v) is 8.33. The summed E-state index contributed by atoms with van der Waals surface area (Å²) in [7, 11) is 0. The van der Waals surface area contributed by atoms with Gasteiger partial charge >= 0.3 is 0 Å². The number of rotatable bonds is 7. The van der Waals surface area contributed by atoms with Crippen molar-refractivity contribution >= 4 is 0 Å². The summed E-state index contributed by atoms with van der Waals surface area (Å²) in [4.78, 5) is 0. The Kier molecular flexibility index (Phi) is 6.41. The van der Waals surface area contributed by atoms with Gasteiger partial charge in [0.25, 0.3) is 0 Å². The van der Waals surface area contributed by atoms with Crippen molar-refractivity contribution in [1.29, 1.82) is 0 Å². The third-order valence-electron chi connectivity index (χ3n) is 8.33. The van der Waals surface area contributed by atoms with E-state index in [0.29, 0.717) is 31.8 Å². The highest BCUT2D eigenvalue weighted by atomic mass is 16.5. The van der Waals surface area contributed by atoms with E-state index >= 15 is 0 Å². The van der Waals surface area contributed by atoms with Crippen LogP contribution in [0.15, 0.2) is 48.5 Å². The molecule has 180 valence electrons. The average molecular weight is 453 g/mol. The van der Waals surface area contributed by atoms with Crippen LogP contribution in [0.5, 0.6) is 5.75 Å². The van der Waals surface area contributed by atoms with Crippen molar-refractivity contribution in [1.82, 2.24) is 0 Å². The van der Waals surface area contributed by atoms with Crippen LogP contribution >= 0.6 is 0 Å². The number of aryl methyl sites for hydroxylation is 1. The van der Waals surface area contributed by atoms with E-state index in [1.807, 2.05) is 51.1 Å². The van der Waals surface area contributed by atoms with Gasteiger partial charge in [-0.15, -0.1) is 0 Å². The van der Waals surface area contributed by atoms with Gasteiger partial charge in [0.05, 0.1) is 17.8 Å². The van der Waals surface area contributed by atoms with E-state index in [1.54, 1.807) is 0 Å². The molecule has 2 aromatic carbocycles. The Morgan fingerprint density at radius 2 is 1.82 bits per heavy atom. The van der Waals surface area contributed by atoms with Crippen molar-refractivity contribution in [2.24, 2.45) is 5.92 Å². The number of hydrogen-bond donors (Lipinski definition) is 3. The molecule has 0 radical (unpaired) electrons. The molecular formula is C29H40O4. The first kappa shape index (κ1) is 24.3. The fourth-order valence-corrected chi connectivity index (χ4v) is 6.49. The first-order valence-electron chi connectivity index (χ1n) is 12.5. The fraction of sp³-hybridized carbons (Fsp3) is 0.586. The molecule has 0 amide bonds. The van der Waals surface area contributed by atoms with E-state index in [9.17, 15) is 15.3 Å². The van der Waals surface area contributed by atoms with Gasteiger partial charge in [0.15, 0.2) is 0 Å². The minimum Gasteiger partial charge on any atom is -0.494 e. The smallest absolute Gasteiger partial charge is 0.119 e. The van der Waals surface area contributed by atoms with Crippen LogP contribution < -0.4 is 4.74 Å². The highest BCUT2D eigenvalue weighted by Gasteiger charge is 2.60. The van der Waals surface area contributed by atoms with Crippen LogP contribution in [0.1, 0.15) is 82.9 Å². The van der Waals surface area contributed by atoms with Gasteiger partial charge in [-0.1, -0.05) is 43.3 Å². The predicted molar refractivity (Wildman–Crippen MR) is 131 cm³/mol. The molecule has 1 saturated carbocycles. The standard InChI is InChI=1S/C29H40O4/c1-5-28-20-27(4,31)29(32,22-10-7-6-8-11-22)19-23(28)13-12-21-18-24(14-15-25(21)28)33-17-9-16-26(2,3)30/h6-8,10-11,14-15,18,23,30-32H,5,9,12-13,16-17,19-20H2,1-4H3/t23-,27-,28-,29-/m1/s1. The van der Waals surface area contributed by atoms with Gasteiger partial charge in [-0.3, -0.25) is 0 Å². The summed E-state index contributed by atoms with van der Waals surface area (Å²) in [6, 6.07) is 16.1. The zero-order valence-electron chi connectivity index (χ0n) is 20.6. The second-order valence-electron chi connectivity index (χ2n) is 11.2. The molecule has 0 saturated heterocycles.